The lowest BCUT2D eigenvalue weighted by Crippen LogP contribution is -2.20. The maximum atomic E-state index is 4.35. The van der Waals surface area contributed by atoms with Gasteiger partial charge in [-0.1, -0.05) is 91.0 Å². The third kappa shape index (κ3) is 4.36. The second-order valence-corrected chi connectivity index (χ2v) is 8.28. The Labute approximate surface area is 161 Å². The van der Waals surface area contributed by atoms with E-state index >= 15 is 0 Å². The third-order valence-corrected chi connectivity index (χ3v) is 6.62. The molecular weight excluding hydrogens is 347 g/mol. The van der Waals surface area contributed by atoms with Crippen molar-refractivity contribution < 1.29 is 0 Å². The van der Waals surface area contributed by atoms with Gasteiger partial charge in [0.15, 0.2) is 0 Å². The molecule has 0 N–H and O–H groups in total. The molecule has 3 heteroatoms. The number of azo groups is 1. The predicted molar refractivity (Wildman–Crippen MR) is 116 cm³/mol. The Morgan fingerprint density at radius 1 is 0.370 bits per heavy atom. The van der Waals surface area contributed by atoms with Gasteiger partial charge in [0.05, 0.1) is 11.4 Å². The highest BCUT2D eigenvalue weighted by Gasteiger charge is 2.15. The SMILES string of the molecule is c1ccc(N=Nc2ccc(P(c3ccccc3)c3ccccc3)cc2)cc1. The summed E-state index contributed by atoms with van der Waals surface area (Å²) in [5, 5.41) is 12.6. The van der Waals surface area contributed by atoms with E-state index in [0.717, 1.165) is 11.4 Å². The number of nitrogens with zero attached hydrogens (tertiary/aromatic N) is 2. The first-order valence-corrected chi connectivity index (χ1v) is 10.2. The quantitative estimate of drug-likeness (QED) is 0.312. The summed E-state index contributed by atoms with van der Waals surface area (Å²) >= 11 is 0. The summed E-state index contributed by atoms with van der Waals surface area (Å²) in [7, 11) is -0.584. The number of hydrogen-bond donors (Lipinski definition) is 0. The topological polar surface area (TPSA) is 24.7 Å². The number of hydrogen-bond acceptors (Lipinski definition) is 2. The molecule has 4 aromatic carbocycles. The summed E-state index contributed by atoms with van der Waals surface area (Å²) in [5.74, 6) is 0. The van der Waals surface area contributed by atoms with E-state index in [9.17, 15) is 0 Å². The minimum Gasteiger partial charge on any atom is -0.151 e. The van der Waals surface area contributed by atoms with E-state index in [1.165, 1.54) is 15.9 Å². The minimum atomic E-state index is -0.584. The first-order valence-electron chi connectivity index (χ1n) is 8.87. The molecule has 0 unspecified atom stereocenters. The average molecular weight is 366 g/mol. The number of rotatable bonds is 5. The van der Waals surface area contributed by atoms with Crippen molar-refractivity contribution in [3.8, 4) is 0 Å². The fourth-order valence-corrected chi connectivity index (χ4v) is 5.16. The van der Waals surface area contributed by atoms with Crippen LogP contribution in [0.4, 0.5) is 11.4 Å². The molecule has 0 saturated heterocycles. The standard InChI is InChI=1S/C24H19N2P/c1-4-10-20(11-5-1)25-26-21-16-18-24(19-17-21)27(22-12-6-2-7-13-22)23-14-8-3-9-15-23/h1-19H. The summed E-state index contributed by atoms with van der Waals surface area (Å²) in [4.78, 5) is 0. The highest BCUT2D eigenvalue weighted by molar-refractivity contribution is 7.79. The van der Waals surface area contributed by atoms with Crippen LogP contribution < -0.4 is 15.9 Å². The van der Waals surface area contributed by atoms with Crippen LogP contribution in [0.1, 0.15) is 0 Å². The first-order chi connectivity index (χ1) is 13.4. The van der Waals surface area contributed by atoms with Crippen molar-refractivity contribution in [2.45, 2.75) is 0 Å². The van der Waals surface area contributed by atoms with Crippen molar-refractivity contribution in [1.82, 2.24) is 0 Å². The van der Waals surface area contributed by atoms with Gasteiger partial charge in [-0.05, 0) is 48.1 Å². The van der Waals surface area contributed by atoms with Crippen molar-refractivity contribution >= 4 is 35.2 Å². The highest BCUT2D eigenvalue weighted by atomic mass is 31.1. The molecule has 0 saturated carbocycles. The van der Waals surface area contributed by atoms with Crippen molar-refractivity contribution in [3.05, 3.63) is 115 Å². The molecule has 27 heavy (non-hydrogen) atoms. The Hall–Kier alpha value is -3.09. The summed E-state index contributed by atoms with van der Waals surface area (Å²) < 4.78 is 0. The molecule has 2 nitrogen and oxygen atoms in total. The largest absolute Gasteiger partial charge is 0.151 e. The molecule has 0 aromatic heterocycles. The maximum absolute atomic E-state index is 4.35. The third-order valence-electron chi connectivity index (χ3n) is 4.17. The Balaban J connectivity index is 1.64. The zero-order valence-corrected chi connectivity index (χ0v) is 15.7. The van der Waals surface area contributed by atoms with E-state index in [1.807, 2.05) is 42.5 Å². The fraction of sp³-hybridized carbons (Fsp3) is 0. The van der Waals surface area contributed by atoms with Gasteiger partial charge < -0.3 is 0 Å². The second kappa shape index (κ2) is 8.53. The minimum absolute atomic E-state index is 0.584. The molecular formula is C24H19N2P. The summed E-state index contributed by atoms with van der Waals surface area (Å²) in [6, 6.07) is 39.6. The summed E-state index contributed by atoms with van der Waals surface area (Å²) in [5.41, 5.74) is 1.72. The molecule has 0 heterocycles. The average Bonchev–Trinajstić information content (AvgIpc) is 2.76. The number of benzene rings is 4. The van der Waals surface area contributed by atoms with Gasteiger partial charge in [-0.25, -0.2) is 0 Å². The van der Waals surface area contributed by atoms with Crippen LogP contribution in [-0.4, -0.2) is 0 Å². The molecule has 4 rings (SSSR count). The summed E-state index contributed by atoms with van der Waals surface area (Å²) in [6.45, 7) is 0. The second-order valence-electron chi connectivity index (χ2n) is 6.06. The van der Waals surface area contributed by atoms with Gasteiger partial charge >= 0.3 is 0 Å². The van der Waals surface area contributed by atoms with Gasteiger partial charge in [-0.2, -0.15) is 10.2 Å². The van der Waals surface area contributed by atoms with Gasteiger partial charge in [0.2, 0.25) is 0 Å². The lowest BCUT2D eigenvalue weighted by Gasteiger charge is -2.19. The Bertz CT molecular complexity index is 959. The van der Waals surface area contributed by atoms with Crippen LogP contribution in [0.5, 0.6) is 0 Å². The maximum Gasteiger partial charge on any atom is 0.0857 e. The molecule has 0 aliphatic rings. The smallest absolute Gasteiger partial charge is 0.0857 e. The van der Waals surface area contributed by atoms with Crippen molar-refractivity contribution in [3.63, 3.8) is 0 Å². The van der Waals surface area contributed by atoms with Crippen LogP contribution in [-0.2, 0) is 0 Å². The molecule has 0 spiro atoms. The van der Waals surface area contributed by atoms with Crippen LogP contribution in [0.15, 0.2) is 125 Å². The van der Waals surface area contributed by atoms with Gasteiger partial charge in [0, 0.05) is 0 Å². The van der Waals surface area contributed by atoms with E-state index < -0.39 is 7.92 Å². The zero-order chi connectivity index (χ0) is 18.3. The Kier molecular flexibility index (Phi) is 5.47. The van der Waals surface area contributed by atoms with Gasteiger partial charge in [-0.3, -0.25) is 0 Å². The molecule has 0 aliphatic carbocycles. The van der Waals surface area contributed by atoms with Gasteiger partial charge in [0.1, 0.15) is 0 Å². The van der Waals surface area contributed by atoms with E-state index in [4.69, 9.17) is 0 Å². The van der Waals surface area contributed by atoms with Crippen LogP contribution in [0.3, 0.4) is 0 Å². The summed E-state index contributed by atoms with van der Waals surface area (Å²) in [6.07, 6.45) is 0. The van der Waals surface area contributed by atoms with Crippen molar-refractivity contribution in [1.29, 1.82) is 0 Å². The van der Waals surface area contributed by atoms with E-state index in [-0.39, 0.29) is 0 Å². The fourth-order valence-electron chi connectivity index (χ4n) is 2.88. The zero-order valence-electron chi connectivity index (χ0n) is 14.8. The van der Waals surface area contributed by atoms with Crippen LogP contribution in [0.25, 0.3) is 0 Å². The van der Waals surface area contributed by atoms with E-state index in [1.54, 1.807) is 0 Å². The van der Waals surface area contributed by atoms with Gasteiger partial charge in [0.25, 0.3) is 0 Å². The van der Waals surface area contributed by atoms with Crippen LogP contribution >= 0.6 is 7.92 Å². The molecule has 0 aliphatic heterocycles. The molecule has 130 valence electrons. The van der Waals surface area contributed by atoms with Crippen LogP contribution in [0.2, 0.25) is 0 Å². The highest BCUT2D eigenvalue weighted by Crippen LogP contribution is 2.33. The van der Waals surface area contributed by atoms with E-state index in [2.05, 4.69) is 83.0 Å². The molecule has 0 amide bonds. The lowest BCUT2D eigenvalue weighted by molar-refractivity contribution is 1.23. The van der Waals surface area contributed by atoms with E-state index in [0.29, 0.717) is 0 Å². The lowest BCUT2D eigenvalue weighted by atomic mass is 10.3. The van der Waals surface area contributed by atoms with Crippen molar-refractivity contribution in [2.24, 2.45) is 10.2 Å². The normalized spacial score (nSPS) is 11.1. The molecule has 0 atom stereocenters. The predicted octanol–water partition coefficient (Wildman–Crippen LogP) is 5.86. The van der Waals surface area contributed by atoms with Crippen LogP contribution in [0, 0.1) is 0 Å². The Morgan fingerprint density at radius 2 is 0.741 bits per heavy atom. The molecule has 0 radical (unpaired) electrons. The molecule has 0 bridgehead atoms. The van der Waals surface area contributed by atoms with Crippen molar-refractivity contribution in [2.75, 3.05) is 0 Å². The first kappa shape index (κ1) is 17.3. The molecule has 0 fully saturated rings. The molecule has 4 aromatic rings. The monoisotopic (exact) mass is 366 g/mol. The Morgan fingerprint density at radius 3 is 1.22 bits per heavy atom. The van der Waals surface area contributed by atoms with Gasteiger partial charge in [-0.15, -0.1) is 0 Å².